The van der Waals surface area contributed by atoms with Crippen LogP contribution < -0.4 is 5.32 Å². The van der Waals surface area contributed by atoms with Gasteiger partial charge in [0.05, 0.1) is 0 Å². The van der Waals surface area contributed by atoms with Crippen LogP contribution in [0.3, 0.4) is 0 Å². The normalized spacial score (nSPS) is 32.6. The number of nitrogens with zero attached hydrogens (tertiary/aromatic N) is 1. The highest BCUT2D eigenvalue weighted by Gasteiger charge is 2.47. The first-order valence-electron chi connectivity index (χ1n) is 8.03. The first-order chi connectivity index (χ1) is 8.91. The molecule has 2 atom stereocenters. The van der Waals surface area contributed by atoms with Crippen LogP contribution in [-0.2, 0) is 0 Å². The maximum absolute atomic E-state index is 3.82. The van der Waals surface area contributed by atoms with Crippen LogP contribution in [0.25, 0.3) is 0 Å². The quantitative estimate of drug-likeness (QED) is 0.765. The maximum Gasteiger partial charge on any atom is 0.0337 e. The van der Waals surface area contributed by atoms with Gasteiger partial charge in [-0.2, -0.15) is 0 Å². The average molecular weight is 264 g/mol. The van der Waals surface area contributed by atoms with Crippen molar-refractivity contribution in [3.63, 3.8) is 0 Å². The summed E-state index contributed by atoms with van der Waals surface area (Å²) in [6.45, 7) is 15.1. The zero-order valence-electron chi connectivity index (χ0n) is 13.5. The Bertz CT molecular complexity index is 326. The number of hydrogen-bond acceptors (Lipinski definition) is 2. The van der Waals surface area contributed by atoms with E-state index in [4.69, 9.17) is 0 Å². The molecule has 0 aromatic carbocycles. The summed E-state index contributed by atoms with van der Waals surface area (Å²) in [5.74, 6) is 1.71. The summed E-state index contributed by atoms with van der Waals surface area (Å²) >= 11 is 0. The third-order valence-corrected chi connectivity index (χ3v) is 4.84. The van der Waals surface area contributed by atoms with Gasteiger partial charge in [0.15, 0.2) is 0 Å². The number of rotatable bonds is 5. The van der Waals surface area contributed by atoms with Gasteiger partial charge in [-0.1, -0.05) is 25.5 Å². The lowest BCUT2D eigenvalue weighted by atomic mass is 9.88. The van der Waals surface area contributed by atoms with E-state index in [0.717, 1.165) is 18.4 Å². The van der Waals surface area contributed by atoms with Crippen molar-refractivity contribution in [2.75, 3.05) is 19.6 Å². The van der Waals surface area contributed by atoms with Crippen molar-refractivity contribution < 1.29 is 0 Å². The monoisotopic (exact) mass is 264 g/mol. The number of piperazine rings is 1. The number of hydrogen-bond donors (Lipinski definition) is 1. The van der Waals surface area contributed by atoms with Crippen LogP contribution >= 0.6 is 0 Å². The molecule has 1 saturated heterocycles. The highest BCUT2D eigenvalue weighted by Crippen LogP contribution is 2.44. The van der Waals surface area contributed by atoms with Crippen LogP contribution in [-0.4, -0.2) is 36.1 Å². The van der Waals surface area contributed by atoms with Crippen molar-refractivity contribution in [2.24, 2.45) is 11.8 Å². The zero-order valence-corrected chi connectivity index (χ0v) is 13.5. The van der Waals surface area contributed by atoms with E-state index in [9.17, 15) is 0 Å². The largest absolute Gasteiger partial charge is 0.311 e. The molecule has 1 heterocycles. The van der Waals surface area contributed by atoms with Crippen molar-refractivity contribution in [3.8, 4) is 0 Å². The average Bonchev–Trinajstić information content (AvgIpc) is 3.13. The Balaban J connectivity index is 2.03. The third-order valence-electron chi connectivity index (χ3n) is 4.84. The van der Waals surface area contributed by atoms with Crippen molar-refractivity contribution in [1.82, 2.24) is 10.2 Å². The van der Waals surface area contributed by atoms with Gasteiger partial charge in [0.1, 0.15) is 0 Å². The maximum atomic E-state index is 3.82. The summed E-state index contributed by atoms with van der Waals surface area (Å²) in [6.07, 6.45) is 6.56. The fraction of sp³-hybridized carbons (Fsp3) is 0.882. The Hall–Kier alpha value is -0.340. The van der Waals surface area contributed by atoms with Gasteiger partial charge < -0.3 is 5.32 Å². The topological polar surface area (TPSA) is 15.3 Å². The van der Waals surface area contributed by atoms with Crippen LogP contribution in [0.2, 0.25) is 0 Å². The van der Waals surface area contributed by atoms with Crippen molar-refractivity contribution in [3.05, 3.63) is 11.6 Å². The lowest BCUT2D eigenvalue weighted by Crippen LogP contribution is -2.64. The van der Waals surface area contributed by atoms with Crippen LogP contribution in [0.5, 0.6) is 0 Å². The third kappa shape index (κ3) is 3.82. The SMILES string of the molecule is CC(C)=CCN1CC(CC(C)C)NCC1(C)C1CC1. The molecule has 0 bridgehead atoms. The predicted molar refractivity (Wildman–Crippen MR) is 83.4 cm³/mol. The van der Waals surface area contributed by atoms with E-state index < -0.39 is 0 Å². The molecule has 1 aliphatic carbocycles. The molecule has 2 nitrogen and oxygen atoms in total. The van der Waals surface area contributed by atoms with E-state index in [1.54, 1.807) is 0 Å². The fourth-order valence-electron chi connectivity index (χ4n) is 3.41. The van der Waals surface area contributed by atoms with Crippen LogP contribution in [0.15, 0.2) is 11.6 Å². The fourth-order valence-corrected chi connectivity index (χ4v) is 3.41. The molecule has 0 aromatic rings. The van der Waals surface area contributed by atoms with Gasteiger partial charge in [0.25, 0.3) is 0 Å². The van der Waals surface area contributed by atoms with E-state index in [1.165, 1.54) is 37.9 Å². The molecule has 1 N–H and O–H groups in total. The van der Waals surface area contributed by atoms with Crippen LogP contribution in [0.1, 0.15) is 53.9 Å². The molecule has 19 heavy (non-hydrogen) atoms. The number of allylic oxidation sites excluding steroid dienone is 1. The Morgan fingerprint density at radius 2 is 2.05 bits per heavy atom. The second kappa shape index (κ2) is 5.97. The minimum Gasteiger partial charge on any atom is -0.311 e. The van der Waals surface area contributed by atoms with Gasteiger partial charge in [0.2, 0.25) is 0 Å². The molecular weight excluding hydrogens is 232 g/mol. The Kier molecular flexibility index (Phi) is 4.73. The Labute approximate surface area is 119 Å². The van der Waals surface area contributed by atoms with E-state index in [-0.39, 0.29) is 0 Å². The van der Waals surface area contributed by atoms with Crippen LogP contribution in [0.4, 0.5) is 0 Å². The van der Waals surface area contributed by atoms with Crippen molar-refractivity contribution in [2.45, 2.75) is 65.5 Å². The van der Waals surface area contributed by atoms with Gasteiger partial charge in [-0.25, -0.2) is 0 Å². The molecule has 1 aliphatic heterocycles. The van der Waals surface area contributed by atoms with Crippen LogP contribution in [0, 0.1) is 11.8 Å². The molecular formula is C17H32N2. The highest BCUT2D eigenvalue weighted by molar-refractivity contribution is 5.07. The van der Waals surface area contributed by atoms with Gasteiger partial charge in [-0.05, 0) is 51.9 Å². The molecule has 1 saturated carbocycles. The van der Waals surface area contributed by atoms with Gasteiger partial charge in [-0.15, -0.1) is 0 Å². The molecule has 2 aliphatic rings. The second-order valence-electron chi connectivity index (χ2n) is 7.53. The summed E-state index contributed by atoms with van der Waals surface area (Å²) in [5.41, 5.74) is 1.83. The van der Waals surface area contributed by atoms with Gasteiger partial charge in [-0.3, -0.25) is 4.90 Å². The molecule has 2 rings (SSSR count). The summed E-state index contributed by atoms with van der Waals surface area (Å²) in [7, 11) is 0. The molecule has 2 fully saturated rings. The lowest BCUT2D eigenvalue weighted by molar-refractivity contribution is 0.0412. The zero-order chi connectivity index (χ0) is 14.0. The lowest BCUT2D eigenvalue weighted by Gasteiger charge is -2.49. The van der Waals surface area contributed by atoms with E-state index in [0.29, 0.717) is 11.6 Å². The summed E-state index contributed by atoms with van der Waals surface area (Å²) in [4.78, 5) is 2.75. The molecule has 0 spiro atoms. The summed E-state index contributed by atoms with van der Waals surface area (Å²) in [5, 5.41) is 3.82. The molecule has 0 aromatic heterocycles. The standard InChI is InChI=1S/C17H32N2/c1-13(2)8-9-19-11-16(10-14(3)4)18-12-17(19,5)15-6-7-15/h8,14-16,18H,6-7,9-12H2,1-5H3. The van der Waals surface area contributed by atoms with E-state index in [2.05, 4.69) is 50.9 Å². The number of nitrogens with one attached hydrogen (secondary N) is 1. The molecule has 0 amide bonds. The summed E-state index contributed by atoms with van der Waals surface area (Å²) in [6, 6.07) is 0.678. The minimum absolute atomic E-state index is 0.388. The first-order valence-corrected chi connectivity index (χ1v) is 8.03. The van der Waals surface area contributed by atoms with Gasteiger partial charge in [0, 0.05) is 31.2 Å². The molecule has 2 heteroatoms. The molecule has 110 valence electrons. The molecule has 2 unspecified atom stereocenters. The van der Waals surface area contributed by atoms with E-state index >= 15 is 0 Å². The Morgan fingerprint density at radius 1 is 1.37 bits per heavy atom. The molecule has 0 radical (unpaired) electrons. The minimum atomic E-state index is 0.388. The van der Waals surface area contributed by atoms with Crippen molar-refractivity contribution in [1.29, 1.82) is 0 Å². The second-order valence-corrected chi connectivity index (χ2v) is 7.53. The Morgan fingerprint density at radius 3 is 2.58 bits per heavy atom. The van der Waals surface area contributed by atoms with Gasteiger partial charge >= 0.3 is 0 Å². The summed E-state index contributed by atoms with van der Waals surface area (Å²) < 4.78 is 0. The highest BCUT2D eigenvalue weighted by atomic mass is 15.3. The van der Waals surface area contributed by atoms with E-state index in [1.807, 2.05) is 0 Å². The van der Waals surface area contributed by atoms with Crippen molar-refractivity contribution >= 4 is 0 Å². The smallest absolute Gasteiger partial charge is 0.0337 e. The predicted octanol–water partition coefficient (Wildman–Crippen LogP) is 3.44. The first kappa shape index (κ1) is 15.1.